The lowest BCUT2D eigenvalue weighted by atomic mass is 10.2. The van der Waals surface area contributed by atoms with Gasteiger partial charge in [0.05, 0.1) is 6.54 Å². The third-order valence-electron chi connectivity index (χ3n) is 4.04. The molecular formula is C18H27FN4O. The summed E-state index contributed by atoms with van der Waals surface area (Å²) >= 11 is 0. The van der Waals surface area contributed by atoms with E-state index in [1.807, 2.05) is 25.7 Å². The molecule has 1 atom stereocenters. The highest BCUT2D eigenvalue weighted by Gasteiger charge is 2.27. The molecule has 24 heavy (non-hydrogen) atoms. The summed E-state index contributed by atoms with van der Waals surface area (Å²) in [6.45, 7) is 8.28. The molecule has 1 aromatic carbocycles. The lowest BCUT2D eigenvalue weighted by molar-refractivity contribution is -0.133. The van der Waals surface area contributed by atoms with Crippen LogP contribution in [0.2, 0.25) is 0 Å². The highest BCUT2D eigenvalue weighted by molar-refractivity contribution is 5.81. The van der Waals surface area contributed by atoms with Crippen molar-refractivity contribution in [2.45, 2.75) is 39.8 Å². The lowest BCUT2D eigenvalue weighted by Gasteiger charge is -2.20. The first-order valence-electron chi connectivity index (χ1n) is 8.58. The van der Waals surface area contributed by atoms with Crippen LogP contribution in [0.1, 0.15) is 32.8 Å². The molecule has 0 bridgehead atoms. The summed E-state index contributed by atoms with van der Waals surface area (Å²) < 4.78 is 13.7. The van der Waals surface area contributed by atoms with E-state index < -0.39 is 0 Å². The van der Waals surface area contributed by atoms with Gasteiger partial charge in [0.1, 0.15) is 5.82 Å². The van der Waals surface area contributed by atoms with Crippen LogP contribution in [0.25, 0.3) is 0 Å². The molecule has 1 aliphatic heterocycles. The molecule has 1 saturated heterocycles. The van der Waals surface area contributed by atoms with Crippen molar-refractivity contribution < 1.29 is 9.18 Å². The summed E-state index contributed by atoms with van der Waals surface area (Å²) in [5.74, 6) is 0.621. The largest absolute Gasteiger partial charge is 0.357 e. The fourth-order valence-electron chi connectivity index (χ4n) is 2.75. The fraction of sp³-hybridized carbons (Fsp3) is 0.556. The van der Waals surface area contributed by atoms with Gasteiger partial charge in [-0.1, -0.05) is 32.0 Å². The van der Waals surface area contributed by atoms with Crippen LogP contribution in [0.5, 0.6) is 0 Å². The summed E-state index contributed by atoms with van der Waals surface area (Å²) in [4.78, 5) is 18.4. The smallest absolute Gasteiger partial charge is 0.225 e. The zero-order valence-electron chi connectivity index (χ0n) is 14.7. The van der Waals surface area contributed by atoms with Crippen molar-refractivity contribution >= 4 is 11.9 Å². The molecule has 1 amide bonds. The van der Waals surface area contributed by atoms with E-state index in [0.29, 0.717) is 18.1 Å². The van der Waals surface area contributed by atoms with Crippen molar-refractivity contribution in [2.24, 2.45) is 10.9 Å². The molecule has 0 aliphatic carbocycles. The SMILES string of the molecule is CCNC(=NCc1ccccc1F)NC1CCN(C(=O)C(C)C)C1. The number of nitrogens with zero attached hydrogens (tertiary/aromatic N) is 2. The van der Waals surface area contributed by atoms with E-state index >= 15 is 0 Å². The third-order valence-corrected chi connectivity index (χ3v) is 4.04. The maximum Gasteiger partial charge on any atom is 0.225 e. The quantitative estimate of drug-likeness (QED) is 0.641. The first kappa shape index (κ1) is 18.2. The summed E-state index contributed by atoms with van der Waals surface area (Å²) in [5.41, 5.74) is 0.567. The molecule has 0 aromatic heterocycles. The Bertz CT molecular complexity index is 588. The van der Waals surface area contributed by atoms with Crippen LogP contribution in [0.3, 0.4) is 0 Å². The number of nitrogens with one attached hydrogen (secondary N) is 2. The van der Waals surface area contributed by atoms with Gasteiger partial charge in [0, 0.05) is 37.2 Å². The Kier molecular flexibility index (Phi) is 6.58. The van der Waals surface area contributed by atoms with E-state index in [4.69, 9.17) is 0 Å². The van der Waals surface area contributed by atoms with Gasteiger partial charge in [0.2, 0.25) is 5.91 Å². The van der Waals surface area contributed by atoms with Crippen LogP contribution in [0.4, 0.5) is 4.39 Å². The topological polar surface area (TPSA) is 56.7 Å². The second-order valence-corrected chi connectivity index (χ2v) is 6.36. The lowest BCUT2D eigenvalue weighted by Crippen LogP contribution is -2.45. The highest BCUT2D eigenvalue weighted by atomic mass is 19.1. The second-order valence-electron chi connectivity index (χ2n) is 6.36. The van der Waals surface area contributed by atoms with Gasteiger partial charge in [0.15, 0.2) is 5.96 Å². The van der Waals surface area contributed by atoms with Crippen molar-refractivity contribution in [3.05, 3.63) is 35.6 Å². The monoisotopic (exact) mass is 334 g/mol. The van der Waals surface area contributed by atoms with Gasteiger partial charge in [-0.2, -0.15) is 0 Å². The molecule has 6 heteroatoms. The summed E-state index contributed by atoms with van der Waals surface area (Å²) in [6.07, 6.45) is 0.891. The average Bonchev–Trinajstić information content (AvgIpc) is 3.01. The first-order chi connectivity index (χ1) is 11.5. The van der Waals surface area contributed by atoms with Crippen LogP contribution in [-0.4, -0.2) is 42.4 Å². The van der Waals surface area contributed by atoms with Crippen LogP contribution in [-0.2, 0) is 11.3 Å². The van der Waals surface area contributed by atoms with Gasteiger partial charge in [0.25, 0.3) is 0 Å². The Morgan fingerprint density at radius 3 is 2.83 bits per heavy atom. The average molecular weight is 334 g/mol. The minimum absolute atomic E-state index is 0.0201. The number of amides is 1. The van der Waals surface area contributed by atoms with Gasteiger partial charge < -0.3 is 15.5 Å². The molecule has 2 rings (SSSR count). The van der Waals surface area contributed by atoms with Crippen LogP contribution in [0.15, 0.2) is 29.3 Å². The van der Waals surface area contributed by atoms with Gasteiger partial charge in [-0.3, -0.25) is 4.79 Å². The highest BCUT2D eigenvalue weighted by Crippen LogP contribution is 2.13. The van der Waals surface area contributed by atoms with Gasteiger partial charge >= 0.3 is 0 Å². The number of hydrogen-bond acceptors (Lipinski definition) is 2. The predicted molar refractivity (Wildman–Crippen MR) is 94.2 cm³/mol. The summed E-state index contributed by atoms with van der Waals surface area (Å²) in [5, 5.41) is 6.53. The number of carbonyl (C=O) groups excluding carboxylic acids is 1. The first-order valence-corrected chi connectivity index (χ1v) is 8.58. The molecular weight excluding hydrogens is 307 g/mol. The van der Waals surface area contributed by atoms with Crippen molar-refractivity contribution in [2.75, 3.05) is 19.6 Å². The van der Waals surface area contributed by atoms with Crippen LogP contribution in [0, 0.1) is 11.7 Å². The molecule has 1 unspecified atom stereocenters. The minimum Gasteiger partial charge on any atom is -0.357 e. The molecule has 1 heterocycles. The molecule has 1 aliphatic rings. The molecule has 0 radical (unpaired) electrons. The molecule has 0 spiro atoms. The van der Waals surface area contributed by atoms with Crippen molar-refractivity contribution in [3.63, 3.8) is 0 Å². The Balaban J connectivity index is 1.95. The Hall–Kier alpha value is -2.11. The van der Waals surface area contributed by atoms with Crippen molar-refractivity contribution in [1.82, 2.24) is 15.5 Å². The second kappa shape index (κ2) is 8.66. The minimum atomic E-state index is -0.244. The Morgan fingerprint density at radius 1 is 1.42 bits per heavy atom. The van der Waals surface area contributed by atoms with E-state index in [0.717, 1.165) is 19.5 Å². The van der Waals surface area contributed by atoms with E-state index in [1.54, 1.807) is 18.2 Å². The third kappa shape index (κ3) is 4.94. The number of hydrogen-bond donors (Lipinski definition) is 2. The van der Waals surface area contributed by atoms with Crippen molar-refractivity contribution in [3.8, 4) is 0 Å². The van der Waals surface area contributed by atoms with E-state index in [9.17, 15) is 9.18 Å². The van der Waals surface area contributed by atoms with Gasteiger partial charge in [-0.05, 0) is 19.4 Å². The normalized spacial score (nSPS) is 18.1. The number of likely N-dealkylation sites (tertiary alicyclic amines) is 1. The van der Waals surface area contributed by atoms with E-state index in [-0.39, 0.29) is 30.2 Å². The number of rotatable bonds is 5. The van der Waals surface area contributed by atoms with E-state index in [2.05, 4.69) is 15.6 Å². The number of halogens is 1. The van der Waals surface area contributed by atoms with Crippen molar-refractivity contribution in [1.29, 1.82) is 0 Å². The fourth-order valence-corrected chi connectivity index (χ4v) is 2.75. The van der Waals surface area contributed by atoms with Crippen LogP contribution < -0.4 is 10.6 Å². The standard InChI is InChI=1S/C18H27FN4O/c1-4-20-18(21-11-14-7-5-6-8-16(14)19)22-15-9-10-23(12-15)17(24)13(2)3/h5-8,13,15H,4,9-12H2,1-3H3,(H2,20,21,22). The number of benzene rings is 1. The van der Waals surface area contributed by atoms with E-state index in [1.165, 1.54) is 6.07 Å². The molecule has 1 fully saturated rings. The Labute approximate surface area is 143 Å². The molecule has 5 nitrogen and oxygen atoms in total. The summed E-state index contributed by atoms with van der Waals surface area (Å²) in [6, 6.07) is 6.83. The number of aliphatic imine (C=N–C) groups is 1. The summed E-state index contributed by atoms with van der Waals surface area (Å²) in [7, 11) is 0. The van der Waals surface area contributed by atoms with Gasteiger partial charge in [-0.25, -0.2) is 9.38 Å². The molecule has 2 N–H and O–H groups in total. The zero-order valence-corrected chi connectivity index (χ0v) is 14.7. The molecule has 0 saturated carbocycles. The van der Waals surface area contributed by atoms with Gasteiger partial charge in [-0.15, -0.1) is 0 Å². The molecule has 132 valence electrons. The predicted octanol–water partition coefficient (Wildman–Crippen LogP) is 2.14. The maximum atomic E-state index is 13.7. The number of carbonyl (C=O) groups is 1. The van der Waals surface area contributed by atoms with Crippen LogP contribution >= 0.6 is 0 Å². The number of guanidine groups is 1. The molecule has 1 aromatic rings. The Morgan fingerprint density at radius 2 is 2.17 bits per heavy atom. The zero-order chi connectivity index (χ0) is 17.5. The maximum absolute atomic E-state index is 13.7.